The molecule has 3 aliphatic rings. The van der Waals surface area contributed by atoms with Gasteiger partial charge in [0.05, 0.1) is 42.6 Å². The van der Waals surface area contributed by atoms with Crippen LogP contribution in [0.25, 0.3) is 29.6 Å². The Labute approximate surface area is 270 Å². The number of aromatic nitrogens is 3. The second kappa shape index (κ2) is 11.6. The fourth-order valence-corrected chi connectivity index (χ4v) is 7.10. The van der Waals surface area contributed by atoms with Crippen molar-refractivity contribution in [2.24, 2.45) is 5.92 Å². The molecule has 5 heterocycles. The monoisotopic (exact) mass is 636 g/mol. The Morgan fingerprint density at radius 3 is 2.34 bits per heavy atom. The Morgan fingerprint density at radius 2 is 1.70 bits per heavy atom. The molecule has 2 atom stereocenters. The number of allylic oxidation sites excluding steroid dienone is 1. The van der Waals surface area contributed by atoms with Crippen molar-refractivity contribution in [3.63, 3.8) is 0 Å². The standard InChI is InChI=1S/C36H36N4O7/c1-8-18-15(3)21-12-22-16(4)20(10-11-27(41)42)32(39-22)30-31(36(45)47-7)34(43)28-17(5)23(40-33(28)30)13-25-19(9-2)29(35(44)46-6)26(38-25)14-24(18)37-21/h8-11,14,21,31,37-40,43H,1-2,12-13H2,3-7H3,(H,41,42)/b11-10+,24-14-/t21?,31-/m1/s1. The minimum Gasteiger partial charge on any atom is -0.510 e. The average Bonchev–Trinajstić information content (AvgIpc) is 3.79. The molecule has 1 unspecified atom stereocenters. The second-order valence-corrected chi connectivity index (χ2v) is 11.9. The van der Waals surface area contributed by atoms with Gasteiger partial charge in [0.2, 0.25) is 0 Å². The van der Waals surface area contributed by atoms with E-state index >= 15 is 0 Å². The van der Waals surface area contributed by atoms with Gasteiger partial charge >= 0.3 is 17.9 Å². The molecule has 3 aromatic heterocycles. The summed E-state index contributed by atoms with van der Waals surface area (Å²) in [5, 5.41) is 25.7. The third-order valence-corrected chi connectivity index (χ3v) is 9.51. The van der Waals surface area contributed by atoms with Crippen molar-refractivity contribution in [3.8, 4) is 0 Å². The largest absolute Gasteiger partial charge is 0.510 e. The topological polar surface area (TPSA) is 170 Å². The molecule has 0 fully saturated rings. The molecular weight excluding hydrogens is 600 g/mol. The third-order valence-electron chi connectivity index (χ3n) is 9.51. The predicted molar refractivity (Wildman–Crippen MR) is 178 cm³/mol. The molecule has 8 bridgehead atoms. The summed E-state index contributed by atoms with van der Waals surface area (Å²) in [4.78, 5) is 48.5. The van der Waals surface area contributed by atoms with Crippen molar-refractivity contribution < 1.29 is 34.1 Å². The fourth-order valence-electron chi connectivity index (χ4n) is 7.10. The van der Waals surface area contributed by atoms with Crippen LogP contribution < -0.4 is 15.9 Å². The van der Waals surface area contributed by atoms with E-state index in [0.717, 1.165) is 39.9 Å². The maximum absolute atomic E-state index is 13.3. The van der Waals surface area contributed by atoms with Crippen LogP contribution in [0.15, 0.2) is 42.2 Å². The van der Waals surface area contributed by atoms with E-state index in [1.165, 1.54) is 20.3 Å². The van der Waals surface area contributed by atoms with Crippen LogP contribution >= 0.6 is 0 Å². The summed E-state index contributed by atoms with van der Waals surface area (Å²) in [5.41, 5.74) is 9.33. The number of fused-ring (bicyclic) bond motifs is 8. The van der Waals surface area contributed by atoms with Crippen LogP contribution in [0.5, 0.6) is 0 Å². The number of carbonyl (C=O) groups is 3. The molecular formula is C36H36N4O7. The van der Waals surface area contributed by atoms with Crippen LogP contribution in [0.4, 0.5) is 0 Å². The summed E-state index contributed by atoms with van der Waals surface area (Å²) in [6.45, 7) is 13.8. The molecule has 0 saturated heterocycles. The van der Waals surface area contributed by atoms with Crippen molar-refractivity contribution in [1.29, 1.82) is 0 Å². The summed E-state index contributed by atoms with van der Waals surface area (Å²) in [7, 11) is 2.59. The van der Waals surface area contributed by atoms with Crippen molar-refractivity contribution >= 4 is 47.5 Å². The number of methoxy groups -OCH3 is 2. The van der Waals surface area contributed by atoms with Crippen molar-refractivity contribution in [1.82, 2.24) is 20.3 Å². The number of aliphatic hydroxyl groups excluding tert-OH is 1. The first kappa shape index (κ1) is 31.3. The lowest BCUT2D eigenvalue weighted by Crippen LogP contribution is -2.26. The summed E-state index contributed by atoms with van der Waals surface area (Å²) < 4.78 is 10.3. The van der Waals surface area contributed by atoms with Gasteiger partial charge < -0.3 is 40.0 Å². The molecule has 2 aliphatic heterocycles. The summed E-state index contributed by atoms with van der Waals surface area (Å²) in [6.07, 6.45) is 8.56. The number of aromatic amines is 3. The summed E-state index contributed by atoms with van der Waals surface area (Å²) >= 11 is 0. The highest BCUT2D eigenvalue weighted by molar-refractivity contribution is 6.00. The molecule has 6 N–H and O–H groups in total. The van der Waals surface area contributed by atoms with Crippen molar-refractivity contribution in [2.45, 2.75) is 39.7 Å². The summed E-state index contributed by atoms with van der Waals surface area (Å²) in [5.74, 6) is -3.63. The highest BCUT2D eigenvalue weighted by atomic mass is 16.5. The van der Waals surface area contributed by atoms with Crippen LogP contribution in [0.1, 0.15) is 68.0 Å². The van der Waals surface area contributed by atoms with Gasteiger partial charge in [-0.3, -0.25) is 4.79 Å². The molecule has 3 aromatic rings. The van der Waals surface area contributed by atoms with E-state index in [-0.39, 0.29) is 18.2 Å². The molecule has 6 rings (SSSR count). The van der Waals surface area contributed by atoms with Gasteiger partial charge in [-0.25, -0.2) is 9.59 Å². The number of hydrogen-bond acceptors (Lipinski definition) is 7. The van der Waals surface area contributed by atoms with E-state index in [0.29, 0.717) is 61.9 Å². The van der Waals surface area contributed by atoms with Crippen molar-refractivity contribution in [2.75, 3.05) is 14.2 Å². The smallest absolute Gasteiger partial charge is 0.340 e. The Morgan fingerprint density at radius 1 is 0.957 bits per heavy atom. The average molecular weight is 637 g/mol. The van der Waals surface area contributed by atoms with E-state index < -0.39 is 23.8 Å². The van der Waals surface area contributed by atoms with Gasteiger partial charge in [0.1, 0.15) is 11.7 Å². The molecule has 0 radical (unpaired) electrons. The number of carbonyl (C=O) groups excluding carboxylic acids is 2. The predicted octanol–water partition coefficient (Wildman–Crippen LogP) is 3.45. The Bertz CT molecular complexity index is 2150. The lowest BCUT2D eigenvalue weighted by Gasteiger charge is -2.15. The molecule has 242 valence electrons. The number of ether oxygens (including phenoxy) is 2. The molecule has 1 aliphatic carbocycles. The van der Waals surface area contributed by atoms with Crippen molar-refractivity contribution in [3.05, 3.63) is 109 Å². The van der Waals surface area contributed by atoms with Gasteiger partial charge in [-0.2, -0.15) is 0 Å². The number of carboxylic acids is 1. The second-order valence-electron chi connectivity index (χ2n) is 11.9. The molecule has 0 amide bonds. The highest BCUT2D eigenvalue weighted by Crippen LogP contribution is 2.37. The minimum atomic E-state index is -1.16. The van der Waals surface area contributed by atoms with E-state index in [1.807, 2.05) is 26.8 Å². The maximum Gasteiger partial charge on any atom is 0.340 e. The number of H-pyrrole nitrogens is 3. The number of aliphatic carboxylic acids is 1. The first-order chi connectivity index (χ1) is 22.4. The number of aliphatic hydroxyl groups is 1. The Kier molecular flexibility index (Phi) is 7.71. The molecule has 47 heavy (non-hydrogen) atoms. The van der Waals surface area contributed by atoms with Crippen LogP contribution in [-0.4, -0.2) is 63.3 Å². The number of nitrogens with one attached hydrogen (secondary N) is 4. The van der Waals surface area contributed by atoms with Gasteiger partial charge in [0.15, 0.2) is 0 Å². The third kappa shape index (κ3) is 4.77. The first-order valence-electron chi connectivity index (χ1n) is 15.1. The number of rotatable bonds is 6. The quantitative estimate of drug-likeness (QED) is 0.177. The number of esters is 2. The van der Waals surface area contributed by atoms with Gasteiger partial charge in [-0.15, -0.1) is 0 Å². The first-order valence-corrected chi connectivity index (χ1v) is 15.1. The molecule has 11 heteroatoms. The molecule has 11 nitrogen and oxygen atoms in total. The lowest BCUT2D eigenvalue weighted by molar-refractivity contribution is -0.142. The Balaban J connectivity index is 1.73. The van der Waals surface area contributed by atoms with Crippen LogP contribution in [0.2, 0.25) is 0 Å². The SMILES string of the molecule is C=CC1=C(C)C2Cc3[nH]c(c(/C=C/C(=O)O)c3C)C3=c4[nH]c(c(C)c4=C(O)[C@@H]3C(=O)OC)Cc3[nH]c(c(C(=O)OC)c3C=C)/C=C/1N2. The number of carboxylic acid groups (broad SMARTS) is 1. The molecule has 0 spiro atoms. The minimum absolute atomic E-state index is 0.171. The van der Waals surface area contributed by atoms with E-state index in [2.05, 4.69) is 33.4 Å². The van der Waals surface area contributed by atoms with Crippen LogP contribution in [0, 0.1) is 19.8 Å². The maximum atomic E-state index is 13.3. The summed E-state index contributed by atoms with van der Waals surface area (Å²) in [6, 6.07) is -0.196. The van der Waals surface area contributed by atoms with E-state index in [9.17, 15) is 24.6 Å². The van der Waals surface area contributed by atoms with Crippen LogP contribution in [-0.2, 0) is 31.9 Å². The zero-order valence-corrected chi connectivity index (χ0v) is 26.8. The zero-order chi connectivity index (χ0) is 33.9. The molecule has 0 saturated carbocycles. The number of hydrogen-bond donors (Lipinski definition) is 6. The van der Waals surface area contributed by atoms with Gasteiger partial charge in [-0.1, -0.05) is 25.3 Å². The zero-order valence-electron chi connectivity index (χ0n) is 26.8. The molecule has 0 aromatic carbocycles. The van der Waals surface area contributed by atoms with E-state index in [4.69, 9.17) is 9.47 Å². The fraction of sp³-hybridized carbons (Fsp3) is 0.250. The van der Waals surface area contributed by atoms with Gasteiger partial charge in [-0.05, 0) is 55.2 Å². The van der Waals surface area contributed by atoms with Crippen LogP contribution in [0.3, 0.4) is 0 Å². The Hall–Kier alpha value is -5.71. The van der Waals surface area contributed by atoms with Gasteiger partial charge in [0, 0.05) is 63.6 Å². The lowest BCUT2D eigenvalue weighted by atomic mass is 9.94. The van der Waals surface area contributed by atoms with Gasteiger partial charge in [0.25, 0.3) is 0 Å². The van der Waals surface area contributed by atoms with E-state index in [1.54, 1.807) is 12.2 Å². The normalized spacial score (nSPS) is 19.5. The highest BCUT2D eigenvalue weighted by Gasteiger charge is 2.39.